The van der Waals surface area contributed by atoms with Crippen LogP contribution in [-0.2, 0) is 28.9 Å². The van der Waals surface area contributed by atoms with E-state index < -0.39 is 5.97 Å². The summed E-state index contributed by atoms with van der Waals surface area (Å²) in [7, 11) is 1.63. The minimum atomic E-state index is -0.444. The van der Waals surface area contributed by atoms with Crippen molar-refractivity contribution >= 4 is 23.2 Å². The molecule has 1 amide bonds. The predicted molar refractivity (Wildman–Crippen MR) is 98.7 cm³/mol. The summed E-state index contributed by atoms with van der Waals surface area (Å²) in [5.41, 5.74) is 2.05. The van der Waals surface area contributed by atoms with E-state index in [1.165, 1.54) is 38.8 Å². The van der Waals surface area contributed by atoms with Gasteiger partial charge in [-0.15, -0.1) is 11.3 Å². The molecule has 1 aliphatic carbocycles. The molecule has 0 fully saturated rings. The van der Waals surface area contributed by atoms with Gasteiger partial charge in [0.05, 0.1) is 0 Å². The maximum Gasteiger partial charge on any atom is 0.348 e. The Morgan fingerprint density at radius 3 is 2.77 bits per heavy atom. The number of carbonyl (C=O) groups is 2. The molecular weight excluding hydrogens is 353 g/mol. The Balaban J connectivity index is 1.52. The van der Waals surface area contributed by atoms with Crippen LogP contribution in [0.5, 0.6) is 0 Å². The Hall–Kier alpha value is -2.21. The third-order valence-electron chi connectivity index (χ3n) is 4.62. The van der Waals surface area contributed by atoms with Crippen LogP contribution in [0.3, 0.4) is 0 Å². The van der Waals surface area contributed by atoms with E-state index in [1.54, 1.807) is 19.2 Å². The van der Waals surface area contributed by atoms with Crippen molar-refractivity contribution in [2.75, 3.05) is 13.7 Å². The number of aryl methyl sites for hydroxylation is 1. The molecule has 0 saturated carbocycles. The van der Waals surface area contributed by atoms with Gasteiger partial charge in [-0.05, 0) is 54.5 Å². The first kappa shape index (κ1) is 18.6. The molecule has 26 heavy (non-hydrogen) atoms. The second-order valence-electron chi connectivity index (χ2n) is 6.86. The van der Waals surface area contributed by atoms with Crippen molar-refractivity contribution in [1.82, 2.24) is 4.90 Å². The zero-order chi connectivity index (χ0) is 18.7. The highest BCUT2D eigenvalue weighted by Gasteiger charge is 2.22. The van der Waals surface area contributed by atoms with Gasteiger partial charge in [-0.25, -0.2) is 9.18 Å². The molecule has 3 rings (SSSR count). The van der Waals surface area contributed by atoms with Gasteiger partial charge in [0.15, 0.2) is 6.61 Å². The summed E-state index contributed by atoms with van der Waals surface area (Å²) in [6, 6.07) is 7.87. The Morgan fingerprint density at radius 1 is 1.31 bits per heavy atom. The lowest BCUT2D eigenvalue weighted by Gasteiger charge is -2.17. The number of fused-ring (bicyclic) bond motifs is 1. The quantitative estimate of drug-likeness (QED) is 0.746. The smallest absolute Gasteiger partial charge is 0.348 e. The number of amides is 1. The van der Waals surface area contributed by atoms with Crippen molar-refractivity contribution in [3.8, 4) is 0 Å². The number of benzene rings is 1. The molecule has 0 N–H and O–H groups in total. The highest BCUT2D eigenvalue weighted by Crippen LogP contribution is 2.32. The second kappa shape index (κ2) is 7.99. The summed E-state index contributed by atoms with van der Waals surface area (Å²) in [4.78, 5) is 27.7. The van der Waals surface area contributed by atoms with Crippen molar-refractivity contribution in [1.29, 1.82) is 0 Å². The standard InChI is InChI=1S/C20H22FNO3S/c1-13-3-8-17-15(9-13)10-18(26-17)20(24)25-12-19(23)22(2)11-14-4-6-16(21)7-5-14/h4-7,10,13H,3,8-9,11-12H2,1-2H3. The van der Waals surface area contributed by atoms with E-state index in [4.69, 9.17) is 4.74 Å². The molecule has 0 aliphatic heterocycles. The first-order valence-electron chi connectivity index (χ1n) is 8.69. The molecule has 1 aliphatic rings. The van der Waals surface area contributed by atoms with Crippen LogP contribution in [0, 0.1) is 11.7 Å². The van der Waals surface area contributed by atoms with Crippen LogP contribution in [0.4, 0.5) is 4.39 Å². The minimum absolute atomic E-state index is 0.294. The number of likely N-dealkylation sites (N-methyl/N-ethyl adjacent to an activating group) is 1. The number of ether oxygens (including phenoxy) is 1. The maximum atomic E-state index is 12.9. The summed E-state index contributed by atoms with van der Waals surface area (Å²) >= 11 is 1.47. The number of carbonyl (C=O) groups excluding carboxylic acids is 2. The molecule has 1 atom stereocenters. The van der Waals surface area contributed by atoms with Crippen LogP contribution >= 0.6 is 11.3 Å². The number of nitrogens with zero attached hydrogens (tertiary/aromatic N) is 1. The lowest BCUT2D eigenvalue weighted by Crippen LogP contribution is -2.30. The van der Waals surface area contributed by atoms with Crippen LogP contribution in [0.2, 0.25) is 0 Å². The van der Waals surface area contributed by atoms with Crippen LogP contribution in [0.25, 0.3) is 0 Å². The SMILES string of the molecule is CC1CCc2sc(C(=O)OCC(=O)N(C)Cc3ccc(F)cc3)cc2C1. The van der Waals surface area contributed by atoms with Crippen LogP contribution < -0.4 is 0 Å². The fraction of sp³-hybridized carbons (Fsp3) is 0.400. The van der Waals surface area contributed by atoms with Crippen molar-refractivity contribution in [3.63, 3.8) is 0 Å². The molecule has 1 aromatic heterocycles. The fourth-order valence-electron chi connectivity index (χ4n) is 3.07. The molecule has 1 heterocycles. The Bertz CT molecular complexity index is 800. The molecule has 2 aromatic rings. The van der Waals surface area contributed by atoms with Crippen LogP contribution in [0.15, 0.2) is 30.3 Å². The average Bonchev–Trinajstić information content (AvgIpc) is 3.04. The van der Waals surface area contributed by atoms with Crippen molar-refractivity contribution in [2.45, 2.75) is 32.7 Å². The van der Waals surface area contributed by atoms with Gasteiger partial charge in [0, 0.05) is 18.5 Å². The Kier molecular flexibility index (Phi) is 5.71. The molecular formula is C20H22FNO3S. The fourth-order valence-corrected chi connectivity index (χ4v) is 4.17. The van der Waals surface area contributed by atoms with Gasteiger partial charge in [0.2, 0.25) is 0 Å². The Labute approximate surface area is 156 Å². The molecule has 1 unspecified atom stereocenters. The van der Waals surface area contributed by atoms with E-state index in [0.717, 1.165) is 24.8 Å². The normalized spacial score (nSPS) is 16.0. The largest absolute Gasteiger partial charge is 0.451 e. The predicted octanol–water partition coefficient (Wildman–Crippen LogP) is 3.83. The van der Waals surface area contributed by atoms with E-state index in [2.05, 4.69) is 6.92 Å². The van der Waals surface area contributed by atoms with Crippen LogP contribution in [0.1, 0.15) is 39.0 Å². The van der Waals surface area contributed by atoms with E-state index >= 15 is 0 Å². The summed E-state index contributed by atoms with van der Waals surface area (Å²) in [6.45, 7) is 2.26. The van der Waals surface area contributed by atoms with Gasteiger partial charge < -0.3 is 9.64 Å². The zero-order valence-electron chi connectivity index (χ0n) is 15.0. The Morgan fingerprint density at radius 2 is 2.04 bits per heavy atom. The molecule has 0 bridgehead atoms. The third-order valence-corrected chi connectivity index (χ3v) is 5.83. The van der Waals surface area contributed by atoms with E-state index in [-0.39, 0.29) is 18.3 Å². The van der Waals surface area contributed by atoms with Crippen molar-refractivity contribution < 1.29 is 18.7 Å². The van der Waals surface area contributed by atoms with Crippen LogP contribution in [-0.4, -0.2) is 30.4 Å². The first-order valence-corrected chi connectivity index (χ1v) is 9.51. The summed E-state index contributed by atoms with van der Waals surface area (Å²) in [6.07, 6.45) is 3.15. The van der Waals surface area contributed by atoms with Crippen molar-refractivity contribution in [2.24, 2.45) is 5.92 Å². The molecule has 4 nitrogen and oxygen atoms in total. The third kappa shape index (κ3) is 4.49. The van der Waals surface area contributed by atoms with Crippen molar-refractivity contribution in [3.05, 3.63) is 57.0 Å². The monoisotopic (exact) mass is 375 g/mol. The first-order chi connectivity index (χ1) is 12.4. The average molecular weight is 375 g/mol. The lowest BCUT2D eigenvalue weighted by molar-refractivity contribution is -0.133. The van der Waals surface area contributed by atoms with Gasteiger partial charge in [0.1, 0.15) is 10.7 Å². The summed E-state index contributed by atoms with van der Waals surface area (Å²) < 4.78 is 18.1. The molecule has 0 radical (unpaired) electrons. The molecule has 0 spiro atoms. The minimum Gasteiger partial charge on any atom is -0.451 e. The number of esters is 1. The van der Waals surface area contributed by atoms with Gasteiger partial charge in [-0.2, -0.15) is 0 Å². The lowest BCUT2D eigenvalue weighted by atomic mass is 9.90. The van der Waals surface area contributed by atoms with Gasteiger partial charge >= 0.3 is 5.97 Å². The van der Waals surface area contributed by atoms with Gasteiger partial charge in [-0.1, -0.05) is 19.1 Å². The van der Waals surface area contributed by atoms with Gasteiger partial charge in [0.25, 0.3) is 5.91 Å². The topological polar surface area (TPSA) is 46.6 Å². The number of halogens is 1. The van der Waals surface area contributed by atoms with Gasteiger partial charge in [-0.3, -0.25) is 4.79 Å². The molecule has 0 saturated heterocycles. The maximum absolute atomic E-state index is 12.9. The summed E-state index contributed by atoms with van der Waals surface area (Å²) in [5.74, 6) is -0.412. The second-order valence-corrected chi connectivity index (χ2v) is 8.00. The highest BCUT2D eigenvalue weighted by molar-refractivity contribution is 7.14. The van der Waals surface area contributed by atoms with E-state index in [0.29, 0.717) is 17.3 Å². The molecule has 6 heteroatoms. The number of rotatable bonds is 5. The van der Waals surface area contributed by atoms with E-state index in [9.17, 15) is 14.0 Å². The van der Waals surface area contributed by atoms with E-state index in [1.807, 2.05) is 6.07 Å². The number of thiophene rings is 1. The zero-order valence-corrected chi connectivity index (χ0v) is 15.8. The highest BCUT2D eigenvalue weighted by atomic mass is 32.1. The summed E-state index contributed by atoms with van der Waals surface area (Å²) in [5, 5.41) is 0. The molecule has 1 aromatic carbocycles. The number of hydrogen-bond donors (Lipinski definition) is 0. The number of hydrogen-bond acceptors (Lipinski definition) is 4. The molecule has 138 valence electrons.